The molecule has 0 radical (unpaired) electrons. The van der Waals surface area contributed by atoms with Crippen LogP contribution in [0.25, 0.3) is 0 Å². The summed E-state index contributed by atoms with van der Waals surface area (Å²) in [5.74, 6) is -0.242. The number of halogens is 1. The molecule has 1 fully saturated rings. The molecule has 0 aliphatic heterocycles. The molecule has 1 aromatic carbocycles. The number of rotatable bonds is 4. The first-order chi connectivity index (χ1) is 9.36. The maximum Gasteiger partial charge on any atom is 0.150 e. The van der Waals surface area contributed by atoms with Crippen molar-refractivity contribution in [1.82, 2.24) is 5.32 Å². The highest BCUT2D eigenvalue weighted by Gasteiger charge is 2.29. The molecule has 0 spiro atoms. The third-order valence-corrected chi connectivity index (χ3v) is 5.71. The third-order valence-electron chi connectivity index (χ3n) is 4.07. The lowest BCUT2D eigenvalue weighted by Crippen LogP contribution is -2.39. The minimum Gasteiger partial charge on any atom is -0.307 e. The summed E-state index contributed by atoms with van der Waals surface area (Å²) < 4.78 is 36.5. The summed E-state index contributed by atoms with van der Waals surface area (Å²) in [6, 6.07) is 6.74. The molecule has 1 aliphatic carbocycles. The van der Waals surface area contributed by atoms with E-state index in [2.05, 4.69) is 5.32 Å². The highest BCUT2D eigenvalue weighted by Crippen LogP contribution is 2.26. The van der Waals surface area contributed by atoms with E-state index in [0.29, 0.717) is 6.42 Å². The Labute approximate surface area is 120 Å². The van der Waals surface area contributed by atoms with E-state index in [1.54, 1.807) is 6.07 Å². The summed E-state index contributed by atoms with van der Waals surface area (Å²) in [6.07, 6.45) is 4.62. The SMILES string of the molecule is C[C@H](NC1CCCC(S(C)(=O)=O)C1)c1cccc(F)c1. The fourth-order valence-corrected chi connectivity index (χ4v) is 4.09. The molecule has 1 aromatic rings. The number of hydrogen-bond donors (Lipinski definition) is 1. The van der Waals surface area contributed by atoms with Gasteiger partial charge in [-0.05, 0) is 43.9 Å². The van der Waals surface area contributed by atoms with E-state index in [1.807, 2.05) is 13.0 Å². The van der Waals surface area contributed by atoms with E-state index in [9.17, 15) is 12.8 Å². The van der Waals surface area contributed by atoms with Crippen molar-refractivity contribution < 1.29 is 12.8 Å². The van der Waals surface area contributed by atoms with Crippen molar-refractivity contribution in [3.8, 4) is 0 Å². The van der Waals surface area contributed by atoms with Crippen LogP contribution < -0.4 is 5.32 Å². The van der Waals surface area contributed by atoms with Gasteiger partial charge in [0.25, 0.3) is 0 Å². The number of benzene rings is 1. The van der Waals surface area contributed by atoms with E-state index < -0.39 is 9.84 Å². The lowest BCUT2D eigenvalue weighted by molar-refractivity contribution is 0.346. The Bertz CT molecular complexity index is 559. The molecule has 3 atom stereocenters. The molecule has 2 rings (SSSR count). The van der Waals surface area contributed by atoms with Gasteiger partial charge in [0.2, 0.25) is 0 Å². The van der Waals surface area contributed by atoms with Crippen molar-refractivity contribution in [3.63, 3.8) is 0 Å². The highest BCUT2D eigenvalue weighted by molar-refractivity contribution is 7.91. The largest absolute Gasteiger partial charge is 0.307 e. The summed E-state index contributed by atoms with van der Waals surface area (Å²) in [5.41, 5.74) is 0.895. The molecule has 0 aromatic heterocycles. The van der Waals surface area contributed by atoms with Crippen molar-refractivity contribution in [3.05, 3.63) is 35.6 Å². The molecule has 20 heavy (non-hydrogen) atoms. The van der Waals surface area contributed by atoms with Crippen LogP contribution in [-0.2, 0) is 9.84 Å². The predicted molar refractivity (Wildman–Crippen MR) is 78.8 cm³/mol. The standard InChI is InChI=1S/C15H22FNO2S/c1-11(12-5-3-6-13(16)9-12)17-14-7-4-8-15(10-14)20(2,18)19/h3,5-6,9,11,14-15,17H,4,7-8,10H2,1-2H3/t11-,14?,15?/m0/s1. The number of sulfone groups is 1. The Morgan fingerprint density at radius 3 is 2.75 bits per heavy atom. The van der Waals surface area contributed by atoms with E-state index in [-0.39, 0.29) is 23.2 Å². The van der Waals surface area contributed by atoms with Crippen molar-refractivity contribution in [2.24, 2.45) is 0 Å². The van der Waals surface area contributed by atoms with Crippen LogP contribution >= 0.6 is 0 Å². The fourth-order valence-electron chi connectivity index (χ4n) is 2.91. The molecule has 1 aliphatic rings. The molecular weight excluding hydrogens is 277 g/mol. The van der Waals surface area contributed by atoms with Gasteiger partial charge in [-0.25, -0.2) is 12.8 Å². The molecule has 1 N–H and O–H groups in total. The maximum absolute atomic E-state index is 13.2. The molecule has 112 valence electrons. The zero-order chi connectivity index (χ0) is 14.8. The summed E-state index contributed by atoms with van der Waals surface area (Å²) in [6.45, 7) is 1.98. The second kappa shape index (κ2) is 6.22. The number of nitrogens with one attached hydrogen (secondary N) is 1. The number of hydrogen-bond acceptors (Lipinski definition) is 3. The fraction of sp³-hybridized carbons (Fsp3) is 0.600. The van der Waals surface area contributed by atoms with Gasteiger partial charge in [0.15, 0.2) is 0 Å². The van der Waals surface area contributed by atoms with Gasteiger partial charge in [-0.1, -0.05) is 18.6 Å². The van der Waals surface area contributed by atoms with Gasteiger partial charge < -0.3 is 5.32 Å². The van der Waals surface area contributed by atoms with Gasteiger partial charge in [0.1, 0.15) is 15.7 Å². The molecule has 1 saturated carbocycles. The molecule has 0 saturated heterocycles. The second-order valence-electron chi connectivity index (χ2n) is 5.76. The van der Waals surface area contributed by atoms with Crippen molar-refractivity contribution in [1.29, 1.82) is 0 Å². The van der Waals surface area contributed by atoms with Crippen molar-refractivity contribution in [2.45, 2.75) is 49.9 Å². The molecule has 0 amide bonds. The molecule has 3 nitrogen and oxygen atoms in total. The minimum absolute atomic E-state index is 0.0222. The highest BCUT2D eigenvalue weighted by atomic mass is 32.2. The zero-order valence-corrected chi connectivity index (χ0v) is 12.8. The Hall–Kier alpha value is -0.940. The van der Waals surface area contributed by atoms with Gasteiger partial charge in [0, 0.05) is 18.3 Å². The van der Waals surface area contributed by atoms with Crippen LogP contribution in [0.3, 0.4) is 0 Å². The van der Waals surface area contributed by atoms with Gasteiger partial charge in [-0.15, -0.1) is 0 Å². The monoisotopic (exact) mass is 299 g/mol. The summed E-state index contributed by atoms with van der Waals surface area (Å²) in [7, 11) is -2.97. The lowest BCUT2D eigenvalue weighted by Gasteiger charge is -2.31. The molecule has 0 bridgehead atoms. The summed E-state index contributed by atoms with van der Waals surface area (Å²) in [4.78, 5) is 0. The average Bonchev–Trinajstić information content (AvgIpc) is 2.38. The maximum atomic E-state index is 13.2. The normalized spacial score (nSPS) is 25.4. The van der Waals surface area contributed by atoms with Crippen LogP contribution in [0.1, 0.15) is 44.2 Å². The second-order valence-corrected chi connectivity index (χ2v) is 8.08. The van der Waals surface area contributed by atoms with Crippen molar-refractivity contribution >= 4 is 9.84 Å². The topological polar surface area (TPSA) is 46.2 Å². The first-order valence-electron chi connectivity index (χ1n) is 7.06. The van der Waals surface area contributed by atoms with Gasteiger partial charge in [-0.3, -0.25) is 0 Å². The van der Waals surface area contributed by atoms with E-state index in [1.165, 1.54) is 18.4 Å². The third kappa shape index (κ3) is 4.03. The Balaban J connectivity index is 1.99. The van der Waals surface area contributed by atoms with Crippen molar-refractivity contribution in [2.75, 3.05) is 6.26 Å². The molecular formula is C15H22FNO2S. The Morgan fingerprint density at radius 2 is 2.10 bits per heavy atom. The van der Waals surface area contributed by atoms with Gasteiger partial charge in [0.05, 0.1) is 5.25 Å². The summed E-state index contributed by atoms with van der Waals surface area (Å²) >= 11 is 0. The van der Waals surface area contributed by atoms with Crippen LogP contribution in [0.15, 0.2) is 24.3 Å². The predicted octanol–water partition coefficient (Wildman–Crippen LogP) is 2.83. The molecule has 5 heteroatoms. The molecule has 0 heterocycles. The quantitative estimate of drug-likeness (QED) is 0.930. The first kappa shape index (κ1) is 15.4. The van der Waals surface area contributed by atoms with Crippen LogP contribution in [0.5, 0.6) is 0 Å². The molecule has 2 unspecified atom stereocenters. The zero-order valence-electron chi connectivity index (χ0n) is 12.0. The van der Waals surface area contributed by atoms with Crippen LogP contribution in [0.2, 0.25) is 0 Å². The van der Waals surface area contributed by atoms with Crippen LogP contribution in [0, 0.1) is 5.82 Å². The lowest BCUT2D eigenvalue weighted by atomic mass is 9.93. The smallest absolute Gasteiger partial charge is 0.150 e. The Kier molecular flexibility index (Phi) is 4.81. The van der Waals surface area contributed by atoms with Crippen LogP contribution in [-0.4, -0.2) is 26.0 Å². The van der Waals surface area contributed by atoms with E-state index >= 15 is 0 Å². The van der Waals surface area contributed by atoms with E-state index in [4.69, 9.17) is 0 Å². The summed E-state index contributed by atoms with van der Waals surface area (Å²) in [5, 5.41) is 3.19. The average molecular weight is 299 g/mol. The Morgan fingerprint density at radius 1 is 1.35 bits per heavy atom. The van der Waals surface area contributed by atoms with Crippen LogP contribution in [0.4, 0.5) is 4.39 Å². The first-order valence-corrected chi connectivity index (χ1v) is 9.02. The van der Waals surface area contributed by atoms with Gasteiger partial charge in [-0.2, -0.15) is 0 Å². The minimum atomic E-state index is -2.97. The van der Waals surface area contributed by atoms with E-state index in [0.717, 1.165) is 24.8 Å². The van der Waals surface area contributed by atoms with Gasteiger partial charge >= 0.3 is 0 Å².